The lowest BCUT2D eigenvalue weighted by Gasteiger charge is -2.43. The van der Waals surface area contributed by atoms with E-state index in [4.69, 9.17) is 18.9 Å². The molecule has 1 aliphatic heterocycles. The van der Waals surface area contributed by atoms with Crippen LogP contribution in [0.1, 0.15) is 19.8 Å². The van der Waals surface area contributed by atoms with Crippen LogP contribution in [0, 0.1) is 6.92 Å². The van der Waals surface area contributed by atoms with E-state index >= 15 is 0 Å². The molecule has 0 N–H and O–H groups in total. The van der Waals surface area contributed by atoms with Crippen LogP contribution in [0.2, 0.25) is 0 Å². The molecule has 87 valence electrons. The topological polar surface area (TPSA) is 36.9 Å². The Bertz CT molecular complexity index is 233. The minimum absolute atomic E-state index is 0.0591. The fourth-order valence-electron chi connectivity index (χ4n) is 2.56. The fraction of sp³-hybridized carbons (Fsp3) is 0.909. The van der Waals surface area contributed by atoms with Crippen molar-refractivity contribution in [3.05, 3.63) is 6.92 Å². The zero-order valence-corrected chi connectivity index (χ0v) is 9.56. The molecular formula is C11H19O4. The molecule has 0 bridgehead atoms. The summed E-state index contributed by atoms with van der Waals surface area (Å²) in [6, 6.07) is 0. The van der Waals surface area contributed by atoms with Crippen molar-refractivity contribution in [2.24, 2.45) is 0 Å². The van der Waals surface area contributed by atoms with Crippen LogP contribution in [-0.4, -0.2) is 44.4 Å². The molecule has 2 fully saturated rings. The Morgan fingerprint density at radius 2 is 2.07 bits per heavy atom. The lowest BCUT2D eigenvalue weighted by molar-refractivity contribution is -0.166. The number of rotatable bonds is 2. The summed E-state index contributed by atoms with van der Waals surface area (Å²) in [5.41, 5.74) is -0.511. The third-order valence-electron chi connectivity index (χ3n) is 3.41. The van der Waals surface area contributed by atoms with Crippen LogP contribution in [0.3, 0.4) is 0 Å². The van der Waals surface area contributed by atoms with Gasteiger partial charge in [0.1, 0.15) is 12.2 Å². The number of methoxy groups -OCH3 is 2. The highest BCUT2D eigenvalue weighted by molar-refractivity contribution is 5.04. The van der Waals surface area contributed by atoms with E-state index in [1.807, 2.05) is 6.92 Å². The standard InChI is InChI=1S/C11H19O4/c1-7-14-8-5-6-11(2,13-4)10(12-3)9(8)15-7/h7-10H,2,5-6H2,1,3-4H3/t7?,8-,9-,10+,11+/m1/s1. The molecule has 0 amide bonds. The summed E-state index contributed by atoms with van der Waals surface area (Å²) in [4.78, 5) is 0. The van der Waals surface area contributed by atoms with E-state index in [1.165, 1.54) is 0 Å². The van der Waals surface area contributed by atoms with Crippen LogP contribution < -0.4 is 0 Å². The fourth-order valence-corrected chi connectivity index (χ4v) is 2.56. The first-order valence-corrected chi connectivity index (χ1v) is 5.35. The molecule has 0 aromatic carbocycles. The molecule has 0 aromatic rings. The van der Waals surface area contributed by atoms with Gasteiger partial charge in [0.25, 0.3) is 0 Å². The molecule has 1 saturated carbocycles. The van der Waals surface area contributed by atoms with Crippen molar-refractivity contribution in [2.45, 2.75) is 50.0 Å². The molecular weight excluding hydrogens is 196 g/mol. The molecule has 4 heteroatoms. The second-order valence-corrected chi connectivity index (χ2v) is 4.31. The van der Waals surface area contributed by atoms with Gasteiger partial charge in [-0.15, -0.1) is 0 Å². The summed E-state index contributed by atoms with van der Waals surface area (Å²) in [5.74, 6) is 0. The Kier molecular flexibility index (Phi) is 3.03. The van der Waals surface area contributed by atoms with E-state index in [0.29, 0.717) is 0 Å². The summed E-state index contributed by atoms with van der Waals surface area (Å²) in [7, 11) is 3.33. The largest absolute Gasteiger partial charge is 0.376 e. The molecule has 4 nitrogen and oxygen atoms in total. The molecule has 1 radical (unpaired) electrons. The van der Waals surface area contributed by atoms with Gasteiger partial charge >= 0.3 is 0 Å². The van der Waals surface area contributed by atoms with Crippen molar-refractivity contribution in [3.8, 4) is 0 Å². The van der Waals surface area contributed by atoms with Gasteiger partial charge in [0, 0.05) is 14.2 Å². The van der Waals surface area contributed by atoms with Crippen LogP contribution in [0.4, 0.5) is 0 Å². The Morgan fingerprint density at radius 3 is 2.67 bits per heavy atom. The smallest absolute Gasteiger partial charge is 0.155 e. The molecule has 2 aliphatic rings. The van der Waals surface area contributed by atoms with Crippen molar-refractivity contribution in [3.63, 3.8) is 0 Å². The Labute approximate surface area is 90.8 Å². The van der Waals surface area contributed by atoms with Crippen LogP contribution in [0.15, 0.2) is 0 Å². The normalized spacial score (nSPS) is 50.4. The van der Waals surface area contributed by atoms with Gasteiger partial charge in [-0.25, -0.2) is 0 Å². The van der Waals surface area contributed by atoms with Crippen LogP contribution in [-0.2, 0) is 18.9 Å². The molecule has 1 heterocycles. The molecule has 0 aromatic heterocycles. The van der Waals surface area contributed by atoms with E-state index in [-0.39, 0.29) is 24.6 Å². The van der Waals surface area contributed by atoms with E-state index < -0.39 is 5.60 Å². The Morgan fingerprint density at radius 1 is 1.33 bits per heavy atom. The first-order valence-electron chi connectivity index (χ1n) is 5.35. The third-order valence-corrected chi connectivity index (χ3v) is 3.41. The number of hydrogen-bond acceptors (Lipinski definition) is 4. The minimum Gasteiger partial charge on any atom is -0.376 e. The highest BCUT2D eigenvalue weighted by Gasteiger charge is 2.52. The molecule has 1 aliphatic carbocycles. The quantitative estimate of drug-likeness (QED) is 0.692. The molecule has 1 saturated heterocycles. The molecule has 2 rings (SSSR count). The van der Waals surface area contributed by atoms with Gasteiger partial charge in [0.2, 0.25) is 0 Å². The highest BCUT2D eigenvalue weighted by atomic mass is 16.7. The molecule has 1 unspecified atom stereocenters. The van der Waals surface area contributed by atoms with Gasteiger partial charge in [-0.2, -0.15) is 0 Å². The second-order valence-electron chi connectivity index (χ2n) is 4.31. The van der Waals surface area contributed by atoms with Gasteiger partial charge in [-0.1, -0.05) is 0 Å². The van der Waals surface area contributed by atoms with Gasteiger partial charge in [-0.05, 0) is 26.7 Å². The summed E-state index contributed by atoms with van der Waals surface area (Å²) >= 11 is 0. The number of fused-ring (bicyclic) bond motifs is 1. The van der Waals surface area contributed by atoms with E-state index in [1.54, 1.807) is 14.2 Å². The molecule has 0 spiro atoms. The lowest BCUT2D eigenvalue weighted by atomic mass is 9.80. The van der Waals surface area contributed by atoms with Crippen LogP contribution >= 0.6 is 0 Å². The minimum atomic E-state index is -0.511. The Balaban J connectivity index is 2.17. The van der Waals surface area contributed by atoms with Gasteiger partial charge in [-0.3, -0.25) is 0 Å². The second kappa shape index (κ2) is 4.01. The predicted octanol–water partition coefficient (Wildman–Crippen LogP) is 1.14. The predicted molar refractivity (Wildman–Crippen MR) is 54.3 cm³/mol. The van der Waals surface area contributed by atoms with E-state index in [2.05, 4.69) is 6.92 Å². The van der Waals surface area contributed by atoms with E-state index in [9.17, 15) is 0 Å². The third kappa shape index (κ3) is 1.80. The van der Waals surface area contributed by atoms with Crippen molar-refractivity contribution >= 4 is 0 Å². The first-order chi connectivity index (χ1) is 7.10. The Hall–Kier alpha value is -0.160. The summed E-state index contributed by atoms with van der Waals surface area (Å²) in [6.45, 7) is 6.01. The van der Waals surface area contributed by atoms with Gasteiger partial charge in [0.15, 0.2) is 6.29 Å². The maximum Gasteiger partial charge on any atom is 0.155 e. The van der Waals surface area contributed by atoms with Crippen molar-refractivity contribution in [1.29, 1.82) is 0 Å². The number of hydrogen-bond donors (Lipinski definition) is 0. The maximum atomic E-state index is 5.70. The zero-order chi connectivity index (χ0) is 11.1. The van der Waals surface area contributed by atoms with Crippen molar-refractivity contribution in [1.82, 2.24) is 0 Å². The zero-order valence-electron chi connectivity index (χ0n) is 9.56. The SMILES string of the molecule is [CH2][C@]1(OC)CC[C@H]2OC(C)O[C@H]2[C@@H]1OC. The molecule has 15 heavy (non-hydrogen) atoms. The lowest BCUT2D eigenvalue weighted by Crippen LogP contribution is -2.56. The average molecular weight is 215 g/mol. The molecule has 5 atom stereocenters. The monoisotopic (exact) mass is 215 g/mol. The number of ether oxygens (including phenoxy) is 4. The van der Waals surface area contributed by atoms with Crippen LogP contribution in [0.25, 0.3) is 0 Å². The maximum absolute atomic E-state index is 5.70. The van der Waals surface area contributed by atoms with E-state index in [0.717, 1.165) is 12.8 Å². The summed E-state index contributed by atoms with van der Waals surface area (Å²) in [5, 5.41) is 0. The van der Waals surface area contributed by atoms with Crippen LogP contribution in [0.5, 0.6) is 0 Å². The van der Waals surface area contributed by atoms with Gasteiger partial charge in [0.05, 0.1) is 11.7 Å². The summed E-state index contributed by atoms with van der Waals surface area (Å²) < 4.78 is 22.3. The first kappa shape index (κ1) is 11.3. The van der Waals surface area contributed by atoms with Gasteiger partial charge < -0.3 is 18.9 Å². The van der Waals surface area contributed by atoms with Crippen molar-refractivity contribution < 1.29 is 18.9 Å². The summed E-state index contributed by atoms with van der Waals surface area (Å²) in [6.07, 6.45) is 1.49. The van der Waals surface area contributed by atoms with Crippen molar-refractivity contribution in [2.75, 3.05) is 14.2 Å². The average Bonchev–Trinajstić information content (AvgIpc) is 2.58. The highest BCUT2D eigenvalue weighted by Crippen LogP contribution is 2.39.